The van der Waals surface area contributed by atoms with E-state index in [1.54, 1.807) is 25.3 Å². The molecule has 8 heteroatoms. The molecule has 0 atom stereocenters. The van der Waals surface area contributed by atoms with Crippen molar-refractivity contribution in [1.29, 1.82) is 0 Å². The SMILES string of the molecule is COCC1(C(=O)NCc2ccccc2OCC(F)(F)F)CCNCC1. The molecule has 0 unspecified atom stereocenters. The second kappa shape index (κ2) is 8.53. The smallest absolute Gasteiger partial charge is 0.422 e. The van der Waals surface area contributed by atoms with Gasteiger partial charge in [-0.2, -0.15) is 13.2 Å². The number of hydrogen-bond acceptors (Lipinski definition) is 4. The maximum absolute atomic E-state index is 12.7. The van der Waals surface area contributed by atoms with Gasteiger partial charge in [-0.1, -0.05) is 18.2 Å². The van der Waals surface area contributed by atoms with Crippen molar-refractivity contribution in [3.05, 3.63) is 29.8 Å². The van der Waals surface area contributed by atoms with Gasteiger partial charge in [0.25, 0.3) is 0 Å². The number of ether oxygens (including phenoxy) is 2. The highest BCUT2D eigenvalue weighted by Crippen LogP contribution is 2.30. The second-order valence-electron chi connectivity index (χ2n) is 6.16. The first-order chi connectivity index (χ1) is 11.9. The third-order valence-corrected chi connectivity index (χ3v) is 4.27. The molecule has 1 aromatic rings. The number of alkyl halides is 3. The summed E-state index contributed by atoms with van der Waals surface area (Å²) >= 11 is 0. The maximum atomic E-state index is 12.7. The Hall–Kier alpha value is -1.80. The Labute approximate surface area is 144 Å². The van der Waals surface area contributed by atoms with Crippen LogP contribution in [0.4, 0.5) is 13.2 Å². The standard InChI is InChI=1S/C17H23F3N2O3/c1-24-11-16(6-8-21-9-7-16)15(23)22-10-13-4-2-3-5-14(13)25-12-17(18,19)20/h2-5,21H,6-12H2,1H3,(H,22,23). The van der Waals surface area contributed by atoms with Gasteiger partial charge >= 0.3 is 6.18 Å². The number of carbonyl (C=O) groups excluding carboxylic acids is 1. The minimum atomic E-state index is -4.41. The van der Waals surface area contributed by atoms with E-state index in [4.69, 9.17) is 9.47 Å². The number of hydrogen-bond donors (Lipinski definition) is 2. The highest BCUT2D eigenvalue weighted by atomic mass is 19.4. The summed E-state index contributed by atoms with van der Waals surface area (Å²) in [6.07, 6.45) is -3.11. The molecule has 0 bridgehead atoms. The number of methoxy groups -OCH3 is 1. The van der Waals surface area contributed by atoms with Crippen molar-refractivity contribution < 1.29 is 27.4 Å². The Morgan fingerprint density at radius 2 is 1.96 bits per heavy atom. The highest BCUT2D eigenvalue weighted by molar-refractivity contribution is 5.83. The number of piperidine rings is 1. The summed E-state index contributed by atoms with van der Waals surface area (Å²) in [5.74, 6) is -0.0345. The number of amides is 1. The van der Waals surface area contributed by atoms with Crippen LogP contribution >= 0.6 is 0 Å². The van der Waals surface area contributed by atoms with Crippen LogP contribution in [0.2, 0.25) is 0 Å². The van der Waals surface area contributed by atoms with E-state index >= 15 is 0 Å². The van der Waals surface area contributed by atoms with E-state index in [-0.39, 0.29) is 18.2 Å². The molecular formula is C17H23F3N2O3. The van der Waals surface area contributed by atoms with E-state index in [0.29, 0.717) is 25.0 Å². The van der Waals surface area contributed by atoms with Crippen molar-refractivity contribution >= 4 is 5.91 Å². The Bertz CT molecular complexity index is 567. The summed E-state index contributed by atoms with van der Waals surface area (Å²) in [5, 5.41) is 6.03. The summed E-state index contributed by atoms with van der Waals surface area (Å²) in [6, 6.07) is 6.38. The van der Waals surface area contributed by atoms with E-state index in [2.05, 4.69) is 10.6 Å². The zero-order valence-electron chi connectivity index (χ0n) is 14.1. The first kappa shape index (κ1) is 19.5. The first-order valence-corrected chi connectivity index (χ1v) is 8.12. The van der Waals surface area contributed by atoms with Gasteiger partial charge in [0.2, 0.25) is 5.91 Å². The fourth-order valence-corrected chi connectivity index (χ4v) is 2.93. The predicted molar refractivity (Wildman–Crippen MR) is 86.3 cm³/mol. The van der Waals surface area contributed by atoms with E-state index in [0.717, 1.165) is 13.1 Å². The molecule has 1 amide bonds. The molecule has 1 fully saturated rings. The number of benzene rings is 1. The van der Waals surface area contributed by atoms with Gasteiger partial charge in [0.1, 0.15) is 5.75 Å². The summed E-state index contributed by atoms with van der Waals surface area (Å²) in [7, 11) is 1.55. The van der Waals surface area contributed by atoms with Gasteiger partial charge in [0, 0.05) is 19.2 Å². The zero-order chi connectivity index (χ0) is 18.3. The van der Waals surface area contributed by atoms with Crippen molar-refractivity contribution in [2.24, 2.45) is 5.41 Å². The molecule has 0 spiro atoms. The lowest BCUT2D eigenvalue weighted by molar-refractivity contribution is -0.153. The fraction of sp³-hybridized carbons (Fsp3) is 0.588. The maximum Gasteiger partial charge on any atom is 0.422 e. The van der Waals surface area contributed by atoms with Crippen LogP contribution in [0.15, 0.2) is 24.3 Å². The van der Waals surface area contributed by atoms with Crippen molar-refractivity contribution in [3.8, 4) is 5.75 Å². The van der Waals surface area contributed by atoms with Gasteiger partial charge < -0.3 is 20.1 Å². The van der Waals surface area contributed by atoms with Crippen LogP contribution < -0.4 is 15.4 Å². The van der Waals surface area contributed by atoms with Crippen LogP contribution in [0.1, 0.15) is 18.4 Å². The molecule has 5 nitrogen and oxygen atoms in total. The molecule has 1 aliphatic rings. The second-order valence-corrected chi connectivity index (χ2v) is 6.16. The largest absolute Gasteiger partial charge is 0.484 e. The quantitative estimate of drug-likeness (QED) is 0.783. The first-order valence-electron chi connectivity index (χ1n) is 8.12. The molecule has 2 rings (SSSR count). The van der Waals surface area contributed by atoms with E-state index in [1.807, 2.05) is 0 Å². The van der Waals surface area contributed by atoms with Gasteiger partial charge in [-0.15, -0.1) is 0 Å². The van der Waals surface area contributed by atoms with Gasteiger partial charge in [-0.25, -0.2) is 0 Å². The minimum Gasteiger partial charge on any atom is -0.484 e. The monoisotopic (exact) mass is 360 g/mol. The summed E-state index contributed by atoms with van der Waals surface area (Å²) in [5.41, 5.74) is -0.108. The molecule has 1 aliphatic heterocycles. The molecule has 1 saturated heterocycles. The summed E-state index contributed by atoms with van der Waals surface area (Å²) in [6.45, 7) is 0.500. The molecule has 1 heterocycles. The predicted octanol–water partition coefficient (Wildman–Crippen LogP) is 2.26. The van der Waals surface area contributed by atoms with Crippen LogP contribution in [0.5, 0.6) is 5.75 Å². The van der Waals surface area contributed by atoms with Gasteiger partial charge in [0.15, 0.2) is 6.61 Å². The third kappa shape index (κ3) is 5.61. The third-order valence-electron chi connectivity index (χ3n) is 4.27. The lowest BCUT2D eigenvalue weighted by Crippen LogP contribution is -2.50. The molecule has 0 radical (unpaired) electrons. The lowest BCUT2D eigenvalue weighted by atomic mass is 9.78. The topological polar surface area (TPSA) is 59.6 Å². The van der Waals surface area contributed by atoms with Crippen LogP contribution in [0.3, 0.4) is 0 Å². The molecule has 0 aromatic heterocycles. The van der Waals surface area contributed by atoms with E-state index in [9.17, 15) is 18.0 Å². The minimum absolute atomic E-state index is 0.103. The number of carbonyl (C=O) groups is 1. The van der Waals surface area contributed by atoms with E-state index in [1.165, 1.54) is 6.07 Å². The molecule has 2 N–H and O–H groups in total. The van der Waals surface area contributed by atoms with Crippen LogP contribution in [-0.2, 0) is 16.1 Å². The van der Waals surface area contributed by atoms with Crippen LogP contribution in [-0.4, -0.2) is 45.5 Å². The molecule has 0 saturated carbocycles. The van der Waals surface area contributed by atoms with Gasteiger partial charge in [-0.3, -0.25) is 4.79 Å². The highest BCUT2D eigenvalue weighted by Gasteiger charge is 2.39. The Balaban J connectivity index is 2.01. The van der Waals surface area contributed by atoms with Crippen molar-refractivity contribution in [3.63, 3.8) is 0 Å². The summed E-state index contributed by atoms with van der Waals surface area (Å²) in [4.78, 5) is 12.7. The van der Waals surface area contributed by atoms with Crippen LogP contribution in [0.25, 0.3) is 0 Å². The fourth-order valence-electron chi connectivity index (χ4n) is 2.93. The molecule has 25 heavy (non-hydrogen) atoms. The van der Waals surface area contributed by atoms with E-state index < -0.39 is 18.2 Å². The number of rotatable bonds is 7. The van der Waals surface area contributed by atoms with Crippen molar-refractivity contribution in [2.75, 3.05) is 33.4 Å². The lowest BCUT2D eigenvalue weighted by Gasteiger charge is -2.35. The number of nitrogens with one attached hydrogen (secondary N) is 2. The Kier molecular flexibility index (Phi) is 6.66. The van der Waals surface area contributed by atoms with Gasteiger partial charge in [0.05, 0.1) is 12.0 Å². The van der Waals surface area contributed by atoms with Crippen molar-refractivity contribution in [1.82, 2.24) is 10.6 Å². The number of para-hydroxylation sites is 1. The average Bonchev–Trinajstić information content (AvgIpc) is 2.59. The zero-order valence-corrected chi connectivity index (χ0v) is 14.1. The van der Waals surface area contributed by atoms with Crippen molar-refractivity contribution in [2.45, 2.75) is 25.6 Å². The molecular weight excluding hydrogens is 337 g/mol. The summed E-state index contributed by atoms with van der Waals surface area (Å²) < 4.78 is 47.1. The Morgan fingerprint density at radius 3 is 2.60 bits per heavy atom. The average molecular weight is 360 g/mol. The molecule has 1 aromatic carbocycles. The Morgan fingerprint density at radius 1 is 1.28 bits per heavy atom. The molecule has 140 valence electrons. The number of halogens is 3. The normalized spacial score (nSPS) is 17.1. The molecule has 0 aliphatic carbocycles. The van der Waals surface area contributed by atoms with Gasteiger partial charge in [-0.05, 0) is 32.0 Å². The van der Waals surface area contributed by atoms with Crippen LogP contribution in [0, 0.1) is 5.41 Å².